The largest absolute Gasteiger partial charge is 0.453 e. The van der Waals surface area contributed by atoms with Gasteiger partial charge in [0.1, 0.15) is 5.75 Å². The molecule has 0 bridgehead atoms. The van der Waals surface area contributed by atoms with Crippen LogP contribution in [0.25, 0.3) is 0 Å². The molecular weight excluding hydrogens is 582 g/mol. The summed E-state index contributed by atoms with van der Waals surface area (Å²) < 4.78 is 7.86. The monoisotopic (exact) mass is 617 g/mol. The minimum atomic E-state index is -0.357. The third-order valence-corrected chi connectivity index (χ3v) is 8.73. The minimum absolute atomic E-state index is 0.0195. The minimum Gasteiger partial charge on any atom is -0.453 e. The zero-order valence-electron chi connectivity index (χ0n) is 25.6. The molecule has 5 rings (SSSR count). The lowest BCUT2D eigenvalue weighted by Crippen LogP contribution is -2.28. The highest BCUT2D eigenvalue weighted by Gasteiger charge is 2.40. The van der Waals surface area contributed by atoms with Gasteiger partial charge < -0.3 is 9.64 Å². The van der Waals surface area contributed by atoms with Crippen LogP contribution in [0.1, 0.15) is 88.8 Å². The Morgan fingerprint density at radius 2 is 1.10 bits per heavy atom. The molecule has 212 valence electrons. The van der Waals surface area contributed by atoms with Gasteiger partial charge in [-0.05, 0) is 98.6 Å². The van der Waals surface area contributed by atoms with Gasteiger partial charge in [0.15, 0.2) is 5.75 Å². The molecule has 0 radical (unpaired) electrons. The smallest absolute Gasteiger partial charge is 0.155 e. The van der Waals surface area contributed by atoms with Gasteiger partial charge in [0.05, 0.1) is 33.4 Å². The molecule has 0 N–H and O–H groups in total. The van der Waals surface area contributed by atoms with Gasteiger partial charge in [0.25, 0.3) is 0 Å². The molecule has 5 heteroatoms. The fourth-order valence-electron chi connectivity index (χ4n) is 5.42. The van der Waals surface area contributed by atoms with E-state index in [0.717, 1.165) is 44.2 Å². The Labute approximate surface area is 258 Å². The maximum Gasteiger partial charge on any atom is 0.155 e. The van der Waals surface area contributed by atoms with Crippen molar-refractivity contribution in [3.05, 3.63) is 111 Å². The molecule has 0 saturated heterocycles. The molecule has 1 aliphatic heterocycles. The van der Waals surface area contributed by atoms with Crippen molar-refractivity contribution in [3.8, 4) is 23.6 Å². The van der Waals surface area contributed by atoms with E-state index in [-0.39, 0.29) is 16.2 Å². The number of anilines is 3. The first-order valence-corrected chi connectivity index (χ1v) is 15.0. The lowest BCUT2D eigenvalue weighted by molar-refractivity contribution is 0.413. The van der Waals surface area contributed by atoms with Gasteiger partial charge >= 0.3 is 0 Å². The molecule has 0 fully saturated rings. The molecule has 4 aromatic carbocycles. The molecule has 0 saturated carbocycles. The van der Waals surface area contributed by atoms with Crippen LogP contribution in [0.5, 0.6) is 11.5 Å². The van der Waals surface area contributed by atoms with Crippen molar-refractivity contribution in [1.82, 2.24) is 0 Å². The fourth-order valence-corrected chi connectivity index (χ4v) is 5.96. The molecule has 0 amide bonds. The van der Waals surface area contributed by atoms with Crippen LogP contribution >= 0.6 is 15.9 Å². The number of rotatable bonds is 3. The quantitative estimate of drug-likeness (QED) is 0.229. The molecule has 42 heavy (non-hydrogen) atoms. The number of hydrogen-bond acceptors (Lipinski definition) is 4. The van der Waals surface area contributed by atoms with Crippen molar-refractivity contribution in [2.45, 2.75) is 71.6 Å². The molecule has 1 heterocycles. The van der Waals surface area contributed by atoms with Gasteiger partial charge in [0, 0.05) is 27.9 Å². The highest BCUT2D eigenvalue weighted by molar-refractivity contribution is 9.10. The average molecular weight is 619 g/mol. The Kier molecular flexibility index (Phi) is 7.24. The summed E-state index contributed by atoms with van der Waals surface area (Å²) in [4.78, 5) is 2.16. The van der Waals surface area contributed by atoms with Crippen molar-refractivity contribution in [3.63, 3.8) is 0 Å². The van der Waals surface area contributed by atoms with Crippen LogP contribution in [0.3, 0.4) is 0 Å². The maximum atomic E-state index is 9.47. The van der Waals surface area contributed by atoms with E-state index in [1.54, 1.807) is 0 Å². The first-order valence-electron chi connectivity index (χ1n) is 14.2. The maximum absolute atomic E-state index is 9.47. The second kappa shape index (κ2) is 10.3. The topological polar surface area (TPSA) is 60.0 Å². The SMILES string of the molecule is CC(C)(C)c1cc(Br)c2c(c1)C(C)(C)c1cc(C(C)(C)C)cc(N(c3ccc(C#N)cc3)c3ccc(C#N)cc3)c1O2. The van der Waals surface area contributed by atoms with Crippen LogP contribution < -0.4 is 9.64 Å². The van der Waals surface area contributed by atoms with E-state index in [2.05, 4.69) is 113 Å². The Bertz CT molecular complexity index is 1700. The summed E-state index contributed by atoms with van der Waals surface area (Å²) in [6.07, 6.45) is 0. The van der Waals surface area contributed by atoms with E-state index in [1.165, 1.54) is 11.1 Å². The number of fused-ring (bicyclic) bond motifs is 2. The standard InChI is InChI=1S/C37H36BrN3O/c1-35(2,3)25-17-29-33(31(38)19-25)42-34-30(37(29,7)8)18-26(36(4,5)6)20-32(34)41(27-13-9-23(21-39)10-14-27)28-15-11-24(22-40)12-16-28/h9-20H,1-8H3. The number of nitrogens with zero attached hydrogens (tertiary/aromatic N) is 3. The Balaban J connectivity index is 1.84. The zero-order chi connectivity index (χ0) is 30.6. The summed E-state index contributed by atoms with van der Waals surface area (Å²) in [5.74, 6) is 1.61. The van der Waals surface area contributed by atoms with Gasteiger partial charge in [0.2, 0.25) is 0 Å². The Hall–Kier alpha value is -4.06. The van der Waals surface area contributed by atoms with Crippen molar-refractivity contribution in [2.24, 2.45) is 0 Å². The Morgan fingerprint density at radius 1 is 0.667 bits per heavy atom. The van der Waals surface area contributed by atoms with E-state index >= 15 is 0 Å². The van der Waals surface area contributed by atoms with E-state index in [1.807, 2.05) is 48.5 Å². The van der Waals surface area contributed by atoms with Crippen molar-refractivity contribution >= 4 is 33.0 Å². The van der Waals surface area contributed by atoms with Crippen LogP contribution in [-0.4, -0.2) is 0 Å². The summed E-state index contributed by atoms with van der Waals surface area (Å²) >= 11 is 3.86. The van der Waals surface area contributed by atoms with Crippen LogP contribution in [0.15, 0.2) is 77.3 Å². The molecule has 0 aliphatic carbocycles. The summed E-state index contributed by atoms with van der Waals surface area (Å²) in [5, 5.41) is 18.9. The number of hydrogen-bond donors (Lipinski definition) is 0. The van der Waals surface area contributed by atoms with E-state index < -0.39 is 0 Å². The average Bonchev–Trinajstić information content (AvgIpc) is 2.93. The zero-order valence-corrected chi connectivity index (χ0v) is 27.1. The van der Waals surface area contributed by atoms with Crippen LogP contribution in [0, 0.1) is 22.7 Å². The summed E-state index contributed by atoms with van der Waals surface area (Å²) in [7, 11) is 0. The number of benzene rings is 4. The van der Waals surface area contributed by atoms with E-state index in [0.29, 0.717) is 11.1 Å². The van der Waals surface area contributed by atoms with E-state index in [4.69, 9.17) is 4.74 Å². The highest BCUT2D eigenvalue weighted by atomic mass is 79.9. The fraction of sp³-hybridized carbons (Fsp3) is 0.297. The number of nitriles is 2. The first kappa shape index (κ1) is 29.4. The molecule has 0 spiro atoms. The molecule has 4 nitrogen and oxygen atoms in total. The van der Waals surface area contributed by atoms with Gasteiger partial charge in [-0.25, -0.2) is 0 Å². The van der Waals surface area contributed by atoms with Crippen molar-refractivity contribution in [1.29, 1.82) is 10.5 Å². The van der Waals surface area contributed by atoms with Crippen LogP contribution in [-0.2, 0) is 16.2 Å². The summed E-state index contributed by atoms with van der Waals surface area (Å²) in [6, 6.07) is 28.6. The normalized spacial score (nSPS) is 13.7. The third-order valence-electron chi connectivity index (χ3n) is 8.15. The van der Waals surface area contributed by atoms with Gasteiger partial charge in [-0.1, -0.05) is 67.5 Å². The number of halogens is 1. The van der Waals surface area contributed by atoms with Crippen molar-refractivity contribution < 1.29 is 4.74 Å². The van der Waals surface area contributed by atoms with Gasteiger partial charge in [-0.3, -0.25) is 0 Å². The second-order valence-corrected chi connectivity index (χ2v) is 14.4. The molecule has 0 atom stereocenters. The predicted octanol–water partition coefficient (Wildman–Crippen LogP) is 10.7. The summed E-state index contributed by atoms with van der Waals surface area (Å²) in [5.41, 5.74) is 8.06. The Morgan fingerprint density at radius 3 is 1.52 bits per heavy atom. The third kappa shape index (κ3) is 5.19. The number of ether oxygens (including phenoxy) is 1. The van der Waals surface area contributed by atoms with Crippen LogP contribution in [0.2, 0.25) is 0 Å². The van der Waals surface area contributed by atoms with Crippen LogP contribution in [0.4, 0.5) is 17.1 Å². The van der Waals surface area contributed by atoms with Crippen molar-refractivity contribution in [2.75, 3.05) is 4.90 Å². The highest BCUT2D eigenvalue weighted by Crippen LogP contribution is 2.57. The summed E-state index contributed by atoms with van der Waals surface area (Å²) in [6.45, 7) is 17.9. The molecule has 0 aromatic heterocycles. The van der Waals surface area contributed by atoms with Gasteiger partial charge in [-0.15, -0.1) is 0 Å². The first-order chi connectivity index (χ1) is 19.6. The van der Waals surface area contributed by atoms with Gasteiger partial charge in [-0.2, -0.15) is 10.5 Å². The van der Waals surface area contributed by atoms with E-state index in [9.17, 15) is 10.5 Å². The molecule has 1 aliphatic rings. The lowest BCUT2D eigenvalue weighted by atomic mass is 9.71. The molecule has 0 unspecified atom stereocenters. The second-order valence-electron chi connectivity index (χ2n) is 13.6. The predicted molar refractivity (Wildman–Crippen MR) is 174 cm³/mol. The molecular formula is C37H36BrN3O. The lowest BCUT2D eigenvalue weighted by Gasteiger charge is -2.40. The molecule has 4 aromatic rings.